The summed E-state index contributed by atoms with van der Waals surface area (Å²) in [4.78, 5) is -0.194. The van der Waals surface area contributed by atoms with Gasteiger partial charge in [0.05, 0.1) is 9.79 Å². The van der Waals surface area contributed by atoms with Gasteiger partial charge in [-0.1, -0.05) is 17.7 Å². The molecule has 0 atom stereocenters. The van der Waals surface area contributed by atoms with Crippen molar-refractivity contribution in [1.82, 2.24) is 0 Å². The molecule has 0 heterocycles. The smallest absolute Gasteiger partial charge is 0.744 e. The average Bonchev–Trinajstić information content (AvgIpc) is 2.38. The molecule has 0 fully saturated rings. The molecule has 10 heteroatoms. The van der Waals surface area contributed by atoms with Crippen LogP contribution >= 0.6 is 10.7 Å². The number of aromatic hydroxyl groups is 1. The van der Waals surface area contributed by atoms with E-state index in [2.05, 4.69) is 0 Å². The molecule has 0 saturated heterocycles. The summed E-state index contributed by atoms with van der Waals surface area (Å²) < 4.78 is 52.3. The normalized spacial score (nSPS) is 10.9. The molecule has 0 spiro atoms. The molecule has 2 aromatic carbocycles. The Morgan fingerprint density at radius 2 is 1.26 bits per heavy atom. The number of phenolic OH excluding ortho intramolecular Hbond substituents is 1. The summed E-state index contributed by atoms with van der Waals surface area (Å²) in [5.74, 6) is -0.0719. The summed E-state index contributed by atoms with van der Waals surface area (Å²) in [6.07, 6.45) is 0. The minimum Gasteiger partial charge on any atom is -0.744 e. The van der Waals surface area contributed by atoms with Crippen LogP contribution in [0.25, 0.3) is 0 Å². The predicted octanol–water partition coefficient (Wildman–Crippen LogP) is -0.777. The molecule has 0 aromatic heterocycles. The molecule has 0 radical (unpaired) electrons. The molecule has 0 aliphatic rings. The molecule has 0 aliphatic heterocycles. The van der Waals surface area contributed by atoms with Crippen LogP contribution in [0.1, 0.15) is 5.56 Å². The van der Waals surface area contributed by atoms with Crippen molar-refractivity contribution in [3.63, 3.8) is 0 Å². The topological polar surface area (TPSA) is 112 Å². The van der Waals surface area contributed by atoms with E-state index in [0.29, 0.717) is 0 Å². The summed E-state index contributed by atoms with van der Waals surface area (Å²) in [6.45, 7) is 1.88. The molecule has 6 nitrogen and oxygen atoms in total. The van der Waals surface area contributed by atoms with Crippen molar-refractivity contribution >= 4 is 29.9 Å². The molecule has 2 rings (SSSR count). The summed E-state index contributed by atoms with van der Waals surface area (Å²) >= 11 is 0. The average molecular weight is 387 g/mol. The van der Waals surface area contributed by atoms with Crippen LogP contribution < -0.4 is 29.6 Å². The van der Waals surface area contributed by atoms with Crippen molar-refractivity contribution in [3.05, 3.63) is 54.1 Å². The Balaban J connectivity index is 0.000000403. The first-order valence-electron chi connectivity index (χ1n) is 5.76. The molecule has 0 saturated carbocycles. The standard InChI is InChI=1S/C7H7ClO2S.C6H6O4S.Na/c1-6-2-4-7(5-3-6)11(8,9)10;7-5-1-3-6(4-2-5)11(8,9)10;/h2-5H,1H3;1-4,7H,(H,8,9,10);/q;;+1/p-1. The van der Waals surface area contributed by atoms with E-state index in [0.717, 1.165) is 29.8 Å². The van der Waals surface area contributed by atoms with Crippen molar-refractivity contribution < 1.29 is 56.1 Å². The number of aryl methyl sites for hydroxylation is 1. The second-order valence-electron chi connectivity index (χ2n) is 4.20. The fourth-order valence-electron chi connectivity index (χ4n) is 1.31. The van der Waals surface area contributed by atoms with Gasteiger partial charge in [0.15, 0.2) is 0 Å². The number of phenols is 1. The monoisotopic (exact) mass is 386 g/mol. The first-order chi connectivity index (χ1) is 10.00. The Bertz CT molecular complexity index is 758. The van der Waals surface area contributed by atoms with Crippen molar-refractivity contribution in [2.24, 2.45) is 0 Å². The van der Waals surface area contributed by atoms with Gasteiger partial charge in [0.25, 0.3) is 9.05 Å². The van der Waals surface area contributed by atoms with Gasteiger partial charge in [-0.15, -0.1) is 0 Å². The predicted molar refractivity (Wildman–Crippen MR) is 80.3 cm³/mol. The minimum atomic E-state index is -4.38. The van der Waals surface area contributed by atoms with Crippen molar-refractivity contribution in [2.45, 2.75) is 16.7 Å². The third-order valence-corrected chi connectivity index (χ3v) is 4.65. The van der Waals surface area contributed by atoms with E-state index in [1.165, 1.54) is 12.1 Å². The maximum atomic E-state index is 10.7. The van der Waals surface area contributed by atoms with Gasteiger partial charge in [0, 0.05) is 10.7 Å². The summed E-state index contributed by atoms with van der Waals surface area (Å²) in [5.41, 5.74) is 1.01. The first-order valence-corrected chi connectivity index (χ1v) is 9.48. The quantitative estimate of drug-likeness (QED) is 0.412. The van der Waals surface area contributed by atoms with Crippen LogP contribution in [-0.4, -0.2) is 26.5 Å². The molecule has 0 aliphatic carbocycles. The summed E-state index contributed by atoms with van der Waals surface area (Å²) in [5, 5.41) is 8.73. The van der Waals surface area contributed by atoms with Crippen LogP contribution in [0.3, 0.4) is 0 Å². The van der Waals surface area contributed by atoms with E-state index < -0.39 is 19.2 Å². The van der Waals surface area contributed by atoms with Crippen LogP contribution in [0.4, 0.5) is 0 Å². The fraction of sp³-hybridized carbons (Fsp3) is 0.0769. The number of rotatable bonds is 2. The van der Waals surface area contributed by atoms with Gasteiger partial charge in [0.2, 0.25) is 0 Å². The van der Waals surface area contributed by atoms with Gasteiger partial charge >= 0.3 is 29.6 Å². The maximum absolute atomic E-state index is 10.7. The van der Waals surface area contributed by atoms with Crippen LogP contribution in [0.2, 0.25) is 0 Å². The Kier molecular flexibility index (Phi) is 8.79. The fourth-order valence-corrected chi connectivity index (χ4v) is 2.55. The van der Waals surface area contributed by atoms with E-state index in [1.54, 1.807) is 12.1 Å². The molecule has 120 valence electrons. The van der Waals surface area contributed by atoms with Gasteiger partial charge in [0.1, 0.15) is 15.9 Å². The molecule has 0 bridgehead atoms. The van der Waals surface area contributed by atoms with Crippen LogP contribution in [0, 0.1) is 6.92 Å². The molecular weight excluding hydrogens is 375 g/mol. The molecular formula is C13H12ClNaO6S2. The minimum absolute atomic E-state index is 0. The van der Waals surface area contributed by atoms with Gasteiger partial charge in [-0.2, -0.15) is 0 Å². The largest absolute Gasteiger partial charge is 1.00 e. The number of benzene rings is 2. The van der Waals surface area contributed by atoms with Crippen molar-refractivity contribution in [1.29, 1.82) is 0 Å². The van der Waals surface area contributed by atoms with E-state index >= 15 is 0 Å². The third-order valence-electron chi connectivity index (χ3n) is 2.43. The zero-order valence-corrected chi connectivity index (χ0v) is 16.7. The zero-order chi connectivity index (χ0) is 17.0. The van der Waals surface area contributed by atoms with Crippen LogP contribution in [0.15, 0.2) is 58.3 Å². The Morgan fingerprint density at radius 1 is 0.870 bits per heavy atom. The maximum Gasteiger partial charge on any atom is 1.00 e. The van der Waals surface area contributed by atoms with Crippen molar-refractivity contribution in [3.8, 4) is 5.75 Å². The Hall–Kier alpha value is -0.610. The van der Waals surface area contributed by atoms with Gasteiger partial charge in [-0.25, -0.2) is 16.8 Å². The van der Waals surface area contributed by atoms with Crippen molar-refractivity contribution in [2.75, 3.05) is 0 Å². The second kappa shape index (κ2) is 9.03. The number of hydrogen-bond donors (Lipinski definition) is 1. The third kappa shape index (κ3) is 8.16. The summed E-state index contributed by atoms with van der Waals surface area (Å²) in [6, 6.07) is 10.8. The molecule has 1 N–H and O–H groups in total. The van der Waals surface area contributed by atoms with E-state index in [4.69, 9.17) is 15.8 Å². The van der Waals surface area contributed by atoms with Gasteiger partial charge < -0.3 is 9.66 Å². The van der Waals surface area contributed by atoms with E-state index in [1.807, 2.05) is 6.92 Å². The van der Waals surface area contributed by atoms with Crippen LogP contribution in [0.5, 0.6) is 5.75 Å². The van der Waals surface area contributed by atoms with Crippen LogP contribution in [-0.2, 0) is 19.2 Å². The number of hydrogen-bond acceptors (Lipinski definition) is 6. The molecule has 0 unspecified atom stereocenters. The van der Waals surface area contributed by atoms with Gasteiger partial charge in [-0.05, 0) is 43.3 Å². The SMILES string of the molecule is Cc1ccc(S(=O)(=O)Cl)cc1.O=S(=O)([O-])c1ccc(O)cc1.[Na+]. The molecule has 23 heavy (non-hydrogen) atoms. The summed E-state index contributed by atoms with van der Waals surface area (Å²) in [7, 11) is -2.84. The second-order valence-corrected chi connectivity index (χ2v) is 8.14. The van der Waals surface area contributed by atoms with E-state index in [-0.39, 0.29) is 45.1 Å². The molecule has 2 aromatic rings. The molecule has 0 amide bonds. The Labute approximate surface area is 161 Å². The van der Waals surface area contributed by atoms with E-state index in [9.17, 15) is 21.4 Å². The number of halogens is 1. The first kappa shape index (κ1) is 22.4. The van der Waals surface area contributed by atoms with Gasteiger partial charge in [-0.3, -0.25) is 0 Å². The zero-order valence-electron chi connectivity index (χ0n) is 12.3. The Morgan fingerprint density at radius 3 is 1.61 bits per heavy atom.